The molecule has 0 amide bonds. The van der Waals surface area contributed by atoms with E-state index >= 15 is 0 Å². The Balaban J connectivity index is 2.26. The summed E-state index contributed by atoms with van der Waals surface area (Å²) in [6.07, 6.45) is 6.27. The summed E-state index contributed by atoms with van der Waals surface area (Å²) in [4.78, 5) is 2.17. The molecule has 2 unspecified atom stereocenters. The average Bonchev–Trinajstić information content (AvgIpc) is 2.23. The van der Waals surface area contributed by atoms with Crippen LogP contribution in [0, 0.1) is 0 Å². The second-order valence-corrected chi connectivity index (χ2v) is 7.75. The van der Waals surface area contributed by atoms with Crippen molar-refractivity contribution in [1.82, 2.24) is 10.2 Å². The lowest BCUT2D eigenvalue weighted by atomic mass is 9.95. The molecule has 4 nitrogen and oxygen atoms in total. The third kappa shape index (κ3) is 5.84. The lowest BCUT2D eigenvalue weighted by Gasteiger charge is -2.29. The summed E-state index contributed by atoms with van der Waals surface area (Å²) in [5.41, 5.74) is 0. The van der Waals surface area contributed by atoms with Crippen LogP contribution in [-0.2, 0) is 9.84 Å². The first-order valence-corrected chi connectivity index (χ1v) is 8.42. The monoisotopic (exact) mass is 262 g/mol. The van der Waals surface area contributed by atoms with Crippen LogP contribution in [0.1, 0.15) is 32.1 Å². The van der Waals surface area contributed by atoms with Crippen molar-refractivity contribution in [3.63, 3.8) is 0 Å². The van der Waals surface area contributed by atoms with E-state index in [-0.39, 0.29) is 5.25 Å². The van der Waals surface area contributed by atoms with E-state index in [9.17, 15) is 8.42 Å². The minimum Gasteiger partial charge on any atom is -0.314 e. The number of rotatable bonds is 6. The molecular formula is C12H26N2O2S. The van der Waals surface area contributed by atoms with Crippen LogP contribution in [0.4, 0.5) is 0 Å². The minimum absolute atomic E-state index is 0.123. The molecule has 5 heteroatoms. The third-order valence-corrected chi connectivity index (χ3v) is 5.09. The minimum atomic E-state index is -2.85. The Morgan fingerprint density at radius 2 is 2.00 bits per heavy atom. The summed E-state index contributed by atoms with van der Waals surface area (Å²) in [6.45, 7) is 2.06. The van der Waals surface area contributed by atoms with Crippen molar-refractivity contribution in [3.05, 3.63) is 0 Å². The Kier molecular flexibility index (Phi) is 5.89. The van der Waals surface area contributed by atoms with E-state index in [1.165, 1.54) is 6.26 Å². The maximum atomic E-state index is 11.5. The zero-order chi connectivity index (χ0) is 12.9. The van der Waals surface area contributed by atoms with Gasteiger partial charge in [0.1, 0.15) is 9.84 Å². The zero-order valence-electron chi connectivity index (χ0n) is 11.3. The fraction of sp³-hybridized carbons (Fsp3) is 1.00. The molecule has 2 atom stereocenters. The quantitative estimate of drug-likeness (QED) is 0.722. The molecule has 1 aliphatic rings. The van der Waals surface area contributed by atoms with Gasteiger partial charge >= 0.3 is 0 Å². The highest BCUT2D eigenvalue weighted by Gasteiger charge is 2.28. The smallest absolute Gasteiger partial charge is 0.150 e. The van der Waals surface area contributed by atoms with Crippen LogP contribution in [0.2, 0.25) is 0 Å². The van der Waals surface area contributed by atoms with Gasteiger partial charge < -0.3 is 10.2 Å². The van der Waals surface area contributed by atoms with Crippen molar-refractivity contribution in [2.24, 2.45) is 0 Å². The molecule has 17 heavy (non-hydrogen) atoms. The normalized spacial score (nSPS) is 26.4. The third-order valence-electron chi connectivity index (χ3n) is 3.45. The Morgan fingerprint density at radius 3 is 2.59 bits per heavy atom. The molecule has 0 aliphatic heterocycles. The summed E-state index contributed by atoms with van der Waals surface area (Å²) < 4.78 is 23.0. The SMILES string of the molecule is CN(C)CCCNC1CCCC(S(C)(=O)=O)C1. The molecule has 1 saturated carbocycles. The summed E-state index contributed by atoms with van der Waals surface area (Å²) >= 11 is 0. The molecule has 0 saturated heterocycles. The maximum absolute atomic E-state index is 11.5. The fourth-order valence-corrected chi connectivity index (χ4v) is 3.60. The van der Waals surface area contributed by atoms with E-state index in [4.69, 9.17) is 0 Å². The van der Waals surface area contributed by atoms with Gasteiger partial charge in [-0.2, -0.15) is 0 Å². The largest absolute Gasteiger partial charge is 0.314 e. The standard InChI is InChI=1S/C12H26N2O2S/c1-14(2)9-5-8-13-11-6-4-7-12(10-11)17(3,15)16/h11-13H,4-10H2,1-3H3. The molecule has 102 valence electrons. The molecule has 0 aromatic carbocycles. The Bertz CT molecular complexity index is 314. The van der Waals surface area contributed by atoms with Gasteiger partial charge in [-0.1, -0.05) is 6.42 Å². The second kappa shape index (κ2) is 6.71. The van der Waals surface area contributed by atoms with Crippen molar-refractivity contribution in [1.29, 1.82) is 0 Å². The molecule has 1 aliphatic carbocycles. The average molecular weight is 262 g/mol. The molecular weight excluding hydrogens is 236 g/mol. The number of sulfone groups is 1. The molecule has 0 aromatic heterocycles. The number of hydrogen-bond acceptors (Lipinski definition) is 4. The van der Waals surface area contributed by atoms with E-state index in [1.807, 2.05) is 0 Å². The highest BCUT2D eigenvalue weighted by atomic mass is 32.2. The van der Waals surface area contributed by atoms with Crippen LogP contribution in [0.15, 0.2) is 0 Å². The Labute approximate surface area is 106 Å². The first kappa shape index (κ1) is 14.9. The van der Waals surface area contributed by atoms with Gasteiger partial charge in [0, 0.05) is 12.3 Å². The van der Waals surface area contributed by atoms with Crippen molar-refractivity contribution in [3.8, 4) is 0 Å². The van der Waals surface area contributed by atoms with Crippen molar-refractivity contribution < 1.29 is 8.42 Å². The van der Waals surface area contributed by atoms with Crippen LogP contribution >= 0.6 is 0 Å². The van der Waals surface area contributed by atoms with Crippen LogP contribution in [0.3, 0.4) is 0 Å². The first-order chi connectivity index (χ1) is 7.89. The molecule has 0 bridgehead atoms. The van der Waals surface area contributed by atoms with Crippen LogP contribution in [-0.4, -0.2) is 58.1 Å². The highest BCUT2D eigenvalue weighted by molar-refractivity contribution is 7.91. The lowest BCUT2D eigenvalue weighted by Crippen LogP contribution is -2.39. The van der Waals surface area contributed by atoms with Crippen molar-refractivity contribution >= 4 is 9.84 Å². The summed E-state index contributed by atoms with van der Waals surface area (Å²) in [5, 5.41) is 3.37. The van der Waals surface area contributed by atoms with Gasteiger partial charge in [-0.15, -0.1) is 0 Å². The van der Waals surface area contributed by atoms with E-state index < -0.39 is 9.84 Å². The van der Waals surface area contributed by atoms with Crippen molar-refractivity contribution in [2.45, 2.75) is 43.4 Å². The van der Waals surface area contributed by atoms with E-state index in [2.05, 4.69) is 24.3 Å². The van der Waals surface area contributed by atoms with Gasteiger partial charge in [-0.25, -0.2) is 8.42 Å². The summed E-state index contributed by atoms with van der Waals surface area (Å²) in [7, 11) is 1.29. The topological polar surface area (TPSA) is 49.4 Å². The van der Waals surface area contributed by atoms with Gasteiger partial charge in [-0.3, -0.25) is 0 Å². The summed E-state index contributed by atoms with van der Waals surface area (Å²) in [5.74, 6) is 0. The predicted molar refractivity (Wildman–Crippen MR) is 72.1 cm³/mol. The van der Waals surface area contributed by atoms with Crippen LogP contribution in [0.25, 0.3) is 0 Å². The zero-order valence-corrected chi connectivity index (χ0v) is 12.1. The molecule has 0 aromatic rings. The van der Waals surface area contributed by atoms with Crippen LogP contribution < -0.4 is 5.32 Å². The van der Waals surface area contributed by atoms with Crippen LogP contribution in [0.5, 0.6) is 0 Å². The first-order valence-electron chi connectivity index (χ1n) is 6.46. The van der Waals surface area contributed by atoms with Gasteiger partial charge in [0.05, 0.1) is 5.25 Å². The predicted octanol–water partition coefficient (Wildman–Crippen LogP) is 0.884. The van der Waals surface area contributed by atoms with Gasteiger partial charge in [0.2, 0.25) is 0 Å². The lowest BCUT2D eigenvalue weighted by molar-refractivity contribution is 0.349. The van der Waals surface area contributed by atoms with Gasteiger partial charge in [-0.05, 0) is 52.9 Å². The van der Waals surface area contributed by atoms with Crippen molar-refractivity contribution in [2.75, 3.05) is 33.4 Å². The molecule has 1 N–H and O–H groups in total. The number of nitrogens with one attached hydrogen (secondary N) is 1. The van der Waals surface area contributed by atoms with E-state index in [0.717, 1.165) is 45.2 Å². The molecule has 0 heterocycles. The maximum Gasteiger partial charge on any atom is 0.150 e. The fourth-order valence-electron chi connectivity index (χ4n) is 2.42. The molecule has 1 rings (SSSR count). The Hall–Kier alpha value is -0.130. The Morgan fingerprint density at radius 1 is 1.29 bits per heavy atom. The number of hydrogen-bond donors (Lipinski definition) is 1. The van der Waals surface area contributed by atoms with E-state index in [0.29, 0.717) is 6.04 Å². The molecule has 0 spiro atoms. The summed E-state index contributed by atoms with van der Waals surface area (Å²) in [6, 6.07) is 0.394. The second-order valence-electron chi connectivity index (χ2n) is 5.43. The van der Waals surface area contributed by atoms with E-state index in [1.54, 1.807) is 0 Å². The van der Waals surface area contributed by atoms with Gasteiger partial charge in [0.15, 0.2) is 0 Å². The molecule has 1 fully saturated rings. The molecule has 0 radical (unpaired) electrons. The van der Waals surface area contributed by atoms with Gasteiger partial charge in [0.25, 0.3) is 0 Å². The number of nitrogens with zero attached hydrogens (tertiary/aromatic N) is 1. The highest BCUT2D eigenvalue weighted by Crippen LogP contribution is 2.23.